The number of hydrogen-bond acceptors (Lipinski definition) is 6. The van der Waals surface area contributed by atoms with Crippen molar-refractivity contribution in [1.29, 1.82) is 0 Å². The molecule has 2 heterocycles. The van der Waals surface area contributed by atoms with E-state index in [1.165, 1.54) is 18.3 Å². The Kier molecular flexibility index (Phi) is 4.40. The molecule has 0 saturated heterocycles. The van der Waals surface area contributed by atoms with Crippen LogP contribution in [0, 0.1) is 0 Å². The molecule has 10 heteroatoms. The molecule has 0 unspecified atom stereocenters. The second kappa shape index (κ2) is 5.92. The summed E-state index contributed by atoms with van der Waals surface area (Å²) < 4.78 is 22.8. The highest BCUT2D eigenvalue weighted by Crippen LogP contribution is 2.16. The lowest BCUT2D eigenvalue weighted by Crippen LogP contribution is -2.17. The van der Waals surface area contributed by atoms with Gasteiger partial charge in [0.1, 0.15) is 5.82 Å². The van der Waals surface area contributed by atoms with Crippen LogP contribution in [0.1, 0.15) is 10.5 Å². The van der Waals surface area contributed by atoms with Crippen molar-refractivity contribution < 1.29 is 13.2 Å². The Balaban J connectivity index is 2.32. The lowest BCUT2D eigenvalue weighted by molar-refractivity contribution is 0.102. The van der Waals surface area contributed by atoms with Gasteiger partial charge in [0, 0.05) is 12.5 Å². The quantitative estimate of drug-likeness (QED) is 0.850. The number of nitrogens with one attached hydrogen (secondary N) is 1. The largest absolute Gasteiger partial charge is 0.305 e. The molecule has 110 valence electrons. The highest BCUT2D eigenvalue weighted by molar-refractivity contribution is 7.90. The number of carbonyl (C=O) groups excluding carboxylic acids is 1. The fourth-order valence-corrected chi connectivity index (χ4v) is 2.10. The van der Waals surface area contributed by atoms with Gasteiger partial charge >= 0.3 is 0 Å². The van der Waals surface area contributed by atoms with Crippen molar-refractivity contribution in [2.45, 2.75) is 5.16 Å². The summed E-state index contributed by atoms with van der Waals surface area (Å²) in [6.07, 6.45) is 3.33. The van der Waals surface area contributed by atoms with Gasteiger partial charge in [-0.2, -0.15) is 0 Å². The van der Waals surface area contributed by atoms with Crippen LogP contribution in [0.2, 0.25) is 10.0 Å². The SMILES string of the molecule is CS(=O)(=O)c1ncc(Cl)c(C(=O)Nc2ccc(Cl)cn2)n1. The van der Waals surface area contributed by atoms with E-state index in [-0.39, 0.29) is 16.5 Å². The van der Waals surface area contributed by atoms with E-state index in [1.54, 1.807) is 0 Å². The van der Waals surface area contributed by atoms with Crippen LogP contribution in [-0.2, 0) is 9.84 Å². The average Bonchev–Trinajstić information content (AvgIpc) is 2.40. The molecule has 2 rings (SSSR count). The third-order valence-corrected chi connectivity index (χ3v) is 3.60. The molecule has 0 aromatic carbocycles. The van der Waals surface area contributed by atoms with Gasteiger partial charge in [-0.3, -0.25) is 4.79 Å². The molecule has 7 nitrogen and oxygen atoms in total. The van der Waals surface area contributed by atoms with Crippen molar-refractivity contribution in [2.24, 2.45) is 0 Å². The molecule has 0 aliphatic heterocycles. The van der Waals surface area contributed by atoms with Crippen LogP contribution in [0.25, 0.3) is 0 Å². The van der Waals surface area contributed by atoms with E-state index >= 15 is 0 Å². The summed E-state index contributed by atoms with van der Waals surface area (Å²) in [6, 6.07) is 3.01. The van der Waals surface area contributed by atoms with Crippen LogP contribution >= 0.6 is 23.2 Å². The van der Waals surface area contributed by atoms with Crippen molar-refractivity contribution in [3.8, 4) is 0 Å². The smallest absolute Gasteiger partial charge is 0.277 e. The van der Waals surface area contributed by atoms with Gasteiger partial charge in [0.05, 0.1) is 16.2 Å². The van der Waals surface area contributed by atoms with Crippen LogP contribution in [0.15, 0.2) is 29.7 Å². The van der Waals surface area contributed by atoms with Crippen molar-refractivity contribution in [2.75, 3.05) is 11.6 Å². The Labute approximate surface area is 130 Å². The molecule has 2 aromatic heterocycles. The van der Waals surface area contributed by atoms with Gasteiger partial charge in [-0.15, -0.1) is 0 Å². The first kappa shape index (κ1) is 15.6. The summed E-state index contributed by atoms with van der Waals surface area (Å²) in [5.41, 5.74) is -0.260. The third kappa shape index (κ3) is 3.87. The Hall–Kier alpha value is -1.77. The van der Waals surface area contributed by atoms with E-state index in [2.05, 4.69) is 20.3 Å². The van der Waals surface area contributed by atoms with E-state index in [9.17, 15) is 13.2 Å². The number of hydrogen-bond donors (Lipinski definition) is 1. The molecule has 2 aromatic rings. The molecular formula is C11H8Cl2N4O3S. The molecule has 1 amide bonds. The zero-order valence-electron chi connectivity index (χ0n) is 10.5. The van der Waals surface area contributed by atoms with Crippen LogP contribution in [-0.4, -0.2) is 35.5 Å². The number of sulfone groups is 1. The second-order valence-corrected chi connectivity index (χ2v) is 6.69. The first-order valence-corrected chi connectivity index (χ1v) is 8.07. The van der Waals surface area contributed by atoms with Crippen molar-refractivity contribution >= 4 is 44.8 Å². The van der Waals surface area contributed by atoms with E-state index in [4.69, 9.17) is 23.2 Å². The van der Waals surface area contributed by atoms with E-state index in [1.807, 2.05) is 0 Å². The van der Waals surface area contributed by atoms with Gasteiger partial charge in [-0.05, 0) is 12.1 Å². The fraction of sp³-hybridized carbons (Fsp3) is 0.0909. The van der Waals surface area contributed by atoms with E-state index in [0.29, 0.717) is 5.02 Å². The molecule has 0 aliphatic carbocycles. The van der Waals surface area contributed by atoms with E-state index < -0.39 is 20.9 Å². The number of aromatic nitrogens is 3. The molecule has 0 saturated carbocycles. The molecule has 0 spiro atoms. The van der Waals surface area contributed by atoms with Crippen molar-refractivity contribution in [3.63, 3.8) is 0 Å². The molecule has 0 bridgehead atoms. The Bertz CT molecular complexity index is 794. The Morgan fingerprint density at radius 1 is 1.19 bits per heavy atom. The van der Waals surface area contributed by atoms with Crippen molar-refractivity contribution in [3.05, 3.63) is 40.3 Å². The van der Waals surface area contributed by atoms with Crippen LogP contribution in [0.5, 0.6) is 0 Å². The molecule has 1 N–H and O–H groups in total. The topological polar surface area (TPSA) is 102 Å². The summed E-state index contributed by atoms with van der Waals surface area (Å²) in [6.45, 7) is 0. The summed E-state index contributed by atoms with van der Waals surface area (Å²) in [5, 5.41) is 2.28. The maximum Gasteiger partial charge on any atom is 0.277 e. The number of nitrogens with zero attached hydrogens (tertiary/aromatic N) is 3. The first-order chi connectivity index (χ1) is 9.77. The normalized spacial score (nSPS) is 11.2. The summed E-state index contributed by atoms with van der Waals surface area (Å²) in [4.78, 5) is 23.1. The highest BCUT2D eigenvalue weighted by Gasteiger charge is 2.19. The first-order valence-electron chi connectivity index (χ1n) is 5.43. The number of halogens is 2. The number of anilines is 1. The predicted molar refractivity (Wildman–Crippen MR) is 77.4 cm³/mol. The molecule has 0 radical (unpaired) electrons. The number of rotatable bonds is 3. The van der Waals surface area contributed by atoms with Crippen molar-refractivity contribution in [1.82, 2.24) is 15.0 Å². The van der Waals surface area contributed by atoms with Gasteiger partial charge in [0.25, 0.3) is 5.91 Å². The number of carbonyl (C=O) groups is 1. The zero-order chi connectivity index (χ0) is 15.6. The minimum atomic E-state index is -3.65. The van der Waals surface area contributed by atoms with Crippen LogP contribution in [0.4, 0.5) is 5.82 Å². The van der Waals surface area contributed by atoms with Gasteiger partial charge in [0.2, 0.25) is 15.0 Å². The molecule has 0 atom stereocenters. The minimum absolute atomic E-state index is 0.0751. The Morgan fingerprint density at radius 2 is 1.90 bits per heavy atom. The number of pyridine rings is 1. The summed E-state index contributed by atoms with van der Waals surface area (Å²) in [7, 11) is -3.65. The monoisotopic (exact) mass is 346 g/mol. The third-order valence-electron chi connectivity index (χ3n) is 2.24. The van der Waals surface area contributed by atoms with Crippen LogP contribution in [0.3, 0.4) is 0 Å². The predicted octanol–water partition coefficient (Wildman–Crippen LogP) is 1.83. The molecular weight excluding hydrogens is 339 g/mol. The van der Waals surface area contributed by atoms with Crippen LogP contribution < -0.4 is 5.32 Å². The average molecular weight is 347 g/mol. The van der Waals surface area contributed by atoms with Gasteiger partial charge in [-0.25, -0.2) is 23.4 Å². The standard InChI is InChI=1S/C11H8Cl2N4O3S/c1-21(19,20)11-15-5-7(13)9(17-11)10(18)16-8-3-2-6(12)4-14-8/h2-5H,1H3,(H,14,16,18). The highest BCUT2D eigenvalue weighted by atomic mass is 35.5. The second-order valence-electron chi connectivity index (χ2n) is 3.94. The van der Waals surface area contributed by atoms with Gasteiger partial charge in [-0.1, -0.05) is 23.2 Å². The lowest BCUT2D eigenvalue weighted by Gasteiger charge is -2.06. The summed E-state index contributed by atoms with van der Waals surface area (Å²) >= 11 is 11.5. The minimum Gasteiger partial charge on any atom is -0.305 e. The fourth-order valence-electron chi connectivity index (χ4n) is 1.31. The summed E-state index contributed by atoms with van der Waals surface area (Å²) in [5.74, 6) is -0.484. The van der Waals surface area contributed by atoms with Gasteiger partial charge in [0.15, 0.2) is 5.69 Å². The molecule has 0 aliphatic rings. The zero-order valence-corrected chi connectivity index (χ0v) is 12.9. The maximum absolute atomic E-state index is 12.0. The molecule has 0 fully saturated rings. The Morgan fingerprint density at radius 3 is 2.48 bits per heavy atom. The van der Waals surface area contributed by atoms with E-state index in [0.717, 1.165) is 12.5 Å². The lowest BCUT2D eigenvalue weighted by atomic mass is 10.3. The maximum atomic E-state index is 12.0. The molecule has 21 heavy (non-hydrogen) atoms. The number of amides is 1. The van der Waals surface area contributed by atoms with Gasteiger partial charge < -0.3 is 5.32 Å².